The second-order valence-electron chi connectivity index (χ2n) is 3.88. The van der Waals surface area contributed by atoms with Gasteiger partial charge >= 0.3 is 0 Å². The third-order valence-corrected chi connectivity index (χ3v) is 3.16. The summed E-state index contributed by atoms with van der Waals surface area (Å²) in [6.45, 7) is 0.201. The van der Waals surface area contributed by atoms with Gasteiger partial charge in [-0.1, -0.05) is 35.3 Å². The van der Waals surface area contributed by atoms with E-state index in [4.69, 9.17) is 23.2 Å². The number of H-pyrrole nitrogens is 1. The van der Waals surface area contributed by atoms with E-state index in [1.54, 1.807) is 24.3 Å². The van der Waals surface area contributed by atoms with Crippen LogP contribution in [0.15, 0.2) is 35.3 Å². The number of hydrogen-bond donors (Lipinski definition) is 3. The van der Waals surface area contributed by atoms with Gasteiger partial charge in [0.05, 0.1) is 18.0 Å². The number of aromatic amines is 1. The van der Waals surface area contributed by atoms with Crippen LogP contribution in [0.25, 0.3) is 0 Å². The molecule has 0 saturated carbocycles. The number of hydrogen-bond acceptors (Lipinski definition) is 4. The minimum absolute atomic E-state index is 0.0123. The largest absolute Gasteiger partial charge is 0.387 e. The molecule has 1 unspecified atom stereocenters. The van der Waals surface area contributed by atoms with Crippen molar-refractivity contribution in [2.24, 2.45) is 0 Å². The van der Waals surface area contributed by atoms with Crippen molar-refractivity contribution in [2.45, 2.75) is 6.10 Å². The van der Waals surface area contributed by atoms with Crippen LogP contribution in [0, 0.1) is 0 Å². The summed E-state index contributed by atoms with van der Waals surface area (Å²) in [4.78, 5) is 11.2. The summed E-state index contributed by atoms with van der Waals surface area (Å²) in [7, 11) is 0. The standard InChI is InChI=1S/C12H11Cl2N3O2/c13-8-3-1-7(2-4-8)10(18)6-15-9-5-16-17-12(19)11(9)14/h1-5,10,18H,6H2,(H2,15,17,19). The zero-order valence-electron chi connectivity index (χ0n) is 9.73. The molecule has 0 amide bonds. The van der Waals surface area contributed by atoms with Gasteiger partial charge in [0.2, 0.25) is 0 Å². The summed E-state index contributed by atoms with van der Waals surface area (Å²) >= 11 is 11.6. The van der Waals surface area contributed by atoms with Crippen LogP contribution in [0.1, 0.15) is 11.7 Å². The number of aliphatic hydroxyl groups excluding tert-OH is 1. The number of benzene rings is 1. The zero-order valence-corrected chi connectivity index (χ0v) is 11.2. The molecule has 1 heterocycles. The van der Waals surface area contributed by atoms with Crippen molar-refractivity contribution in [3.63, 3.8) is 0 Å². The van der Waals surface area contributed by atoms with E-state index < -0.39 is 11.7 Å². The molecule has 19 heavy (non-hydrogen) atoms. The lowest BCUT2D eigenvalue weighted by Crippen LogP contribution is -2.16. The third kappa shape index (κ3) is 3.47. The van der Waals surface area contributed by atoms with Gasteiger partial charge in [-0.05, 0) is 17.7 Å². The SMILES string of the molecule is O=c1[nH]ncc(NCC(O)c2ccc(Cl)cc2)c1Cl. The van der Waals surface area contributed by atoms with E-state index >= 15 is 0 Å². The number of halogens is 2. The molecule has 0 aliphatic carbocycles. The molecule has 0 spiro atoms. The fraction of sp³-hybridized carbons (Fsp3) is 0.167. The van der Waals surface area contributed by atoms with Gasteiger partial charge in [0.15, 0.2) is 0 Å². The van der Waals surface area contributed by atoms with E-state index in [9.17, 15) is 9.90 Å². The molecule has 3 N–H and O–H groups in total. The van der Waals surface area contributed by atoms with Crippen LogP contribution in [0.5, 0.6) is 0 Å². The first-order valence-electron chi connectivity index (χ1n) is 5.48. The van der Waals surface area contributed by atoms with E-state index in [-0.39, 0.29) is 11.6 Å². The van der Waals surface area contributed by atoms with Crippen LogP contribution in [0.3, 0.4) is 0 Å². The molecule has 0 fully saturated rings. The summed E-state index contributed by atoms with van der Waals surface area (Å²) in [5.74, 6) is 0. The van der Waals surface area contributed by atoms with Gasteiger partial charge in [0.25, 0.3) is 5.56 Å². The Labute approximate surface area is 119 Å². The number of aliphatic hydroxyl groups is 1. The lowest BCUT2D eigenvalue weighted by atomic mass is 10.1. The van der Waals surface area contributed by atoms with Crippen molar-refractivity contribution in [1.82, 2.24) is 10.2 Å². The minimum atomic E-state index is -0.743. The Morgan fingerprint density at radius 1 is 1.32 bits per heavy atom. The Hall–Kier alpha value is -1.56. The van der Waals surface area contributed by atoms with E-state index in [1.807, 2.05) is 0 Å². The Kier molecular flexibility index (Phi) is 4.42. The molecule has 1 atom stereocenters. The first-order valence-corrected chi connectivity index (χ1v) is 6.24. The number of aromatic nitrogens is 2. The van der Waals surface area contributed by atoms with E-state index in [2.05, 4.69) is 15.5 Å². The minimum Gasteiger partial charge on any atom is -0.387 e. The molecule has 7 heteroatoms. The maximum Gasteiger partial charge on any atom is 0.285 e. The van der Waals surface area contributed by atoms with E-state index in [1.165, 1.54) is 6.20 Å². The van der Waals surface area contributed by atoms with Crippen molar-refractivity contribution in [1.29, 1.82) is 0 Å². The maximum atomic E-state index is 11.2. The van der Waals surface area contributed by atoms with E-state index in [0.29, 0.717) is 16.3 Å². The zero-order chi connectivity index (χ0) is 13.8. The first-order chi connectivity index (χ1) is 9.08. The smallest absolute Gasteiger partial charge is 0.285 e. The molecule has 100 valence electrons. The quantitative estimate of drug-likeness (QED) is 0.809. The normalized spacial score (nSPS) is 12.2. The molecule has 2 rings (SSSR count). The first kappa shape index (κ1) is 13.9. The highest BCUT2D eigenvalue weighted by atomic mass is 35.5. The molecule has 0 bridgehead atoms. The van der Waals surface area contributed by atoms with Crippen LogP contribution >= 0.6 is 23.2 Å². The van der Waals surface area contributed by atoms with Crippen LogP contribution in [0.4, 0.5) is 5.69 Å². The maximum absolute atomic E-state index is 11.2. The molecule has 0 saturated heterocycles. The van der Waals surface area contributed by atoms with Gasteiger partial charge in [-0.2, -0.15) is 5.10 Å². The van der Waals surface area contributed by atoms with Gasteiger partial charge < -0.3 is 10.4 Å². The van der Waals surface area contributed by atoms with Gasteiger partial charge in [-0.25, -0.2) is 5.10 Å². The molecule has 2 aromatic rings. The summed E-state index contributed by atoms with van der Waals surface area (Å²) in [6, 6.07) is 6.85. The van der Waals surface area contributed by atoms with Crippen LogP contribution in [-0.2, 0) is 0 Å². The average Bonchev–Trinajstić information content (AvgIpc) is 2.41. The van der Waals surface area contributed by atoms with Gasteiger partial charge in [-0.3, -0.25) is 4.79 Å². The molecule has 5 nitrogen and oxygen atoms in total. The predicted molar refractivity (Wildman–Crippen MR) is 74.8 cm³/mol. The second-order valence-corrected chi connectivity index (χ2v) is 4.69. The molecule has 1 aromatic heterocycles. The summed E-state index contributed by atoms with van der Waals surface area (Å²) in [6.07, 6.45) is 0.644. The second kappa shape index (κ2) is 6.06. The average molecular weight is 300 g/mol. The van der Waals surface area contributed by atoms with Crippen LogP contribution < -0.4 is 10.9 Å². The summed E-state index contributed by atoms with van der Waals surface area (Å²) in [5.41, 5.74) is 0.608. The predicted octanol–water partition coefficient (Wildman–Crippen LogP) is 2.22. The third-order valence-electron chi connectivity index (χ3n) is 2.54. The molecule has 0 aliphatic heterocycles. The molecular formula is C12H11Cl2N3O2. The monoisotopic (exact) mass is 299 g/mol. The Morgan fingerprint density at radius 2 is 2.00 bits per heavy atom. The highest BCUT2D eigenvalue weighted by Gasteiger charge is 2.09. The van der Waals surface area contributed by atoms with Crippen molar-refractivity contribution < 1.29 is 5.11 Å². The van der Waals surface area contributed by atoms with E-state index in [0.717, 1.165) is 0 Å². The fourth-order valence-electron chi connectivity index (χ4n) is 1.52. The molecular weight excluding hydrogens is 289 g/mol. The van der Waals surface area contributed by atoms with Gasteiger partial charge in [0.1, 0.15) is 5.02 Å². The Bertz CT molecular complexity index is 613. The van der Waals surface area contributed by atoms with Crippen molar-refractivity contribution >= 4 is 28.9 Å². The van der Waals surface area contributed by atoms with Crippen molar-refractivity contribution in [2.75, 3.05) is 11.9 Å². The highest BCUT2D eigenvalue weighted by molar-refractivity contribution is 6.32. The van der Waals surface area contributed by atoms with Crippen molar-refractivity contribution in [3.8, 4) is 0 Å². The number of nitrogens with one attached hydrogen (secondary N) is 2. The fourth-order valence-corrected chi connectivity index (χ4v) is 1.80. The summed E-state index contributed by atoms with van der Waals surface area (Å²) in [5, 5.41) is 19.3. The lowest BCUT2D eigenvalue weighted by molar-refractivity contribution is 0.191. The van der Waals surface area contributed by atoms with Crippen molar-refractivity contribution in [3.05, 3.63) is 56.4 Å². The summed E-state index contributed by atoms with van der Waals surface area (Å²) < 4.78 is 0. The Morgan fingerprint density at radius 3 is 2.68 bits per heavy atom. The highest BCUT2D eigenvalue weighted by Crippen LogP contribution is 2.19. The number of rotatable bonds is 4. The van der Waals surface area contributed by atoms with Gasteiger partial charge in [0, 0.05) is 11.6 Å². The van der Waals surface area contributed by atoms with Crippen LogP contribution in [0.2, 0.25) is 10.0 Å². The number of nitrogens with zero attached hydrogens (tertiary/aromatic N) is 1. The molecule has 1 aromatic carbocycles. The number of anilines is 1. The Balaban J connectivity index is 2.04. The topological polar surface area (TPSA) is 78.0 Å². The molecule has 0 aliphatic rings. The molecule has 0 radical (unpaired) electrons. The van der Waals surface area contributed by atoms with Crippen LogP contribution in [-0.4, -0.2) is 21.8 Å². The van der Waals surface area contributed by atoms with Gasteiger partial charge in [-0.15, -0.1) is 0 Å². The lowest BCUT2D eigenvalue weighted by Gasteiger charge is -2.13.